The van der Waals surface area contributed by atoms with Crippen molar-refractivity contribution in [2.24, 2.45) is 23.5 Å². The summed E-state index contributed by atoms with van der Waals surface area (Å²) in [5, 5.41) is 14.7. The molecule has 0 aliphatic carbocycles. The summed E-state index contributed by atoms with van der Waals surface area (Å²) in [6.07, 6.45) is 1.71. The second-order valence-corrected chi connectivity index (χ2v) is 11.9. The van der Waals surface area contributed by atoms with Crippen LogP contribution < -0.4 is 11.1 Å². The maximum Gasteiger partial charge on any atom is 0.306 e. The molecular weight excluding hydrogens is 528 g/mol. The third-order valence-electron chi connectivity index (χ3n) is 7.65. The number of nitrogens with one attached hydrogen (secondary N) is 1. The normalized spacial score (nSPS) is 16.0. The fourth-order valence-electron chi connectivity index (χ4n) is 4.71. The van der Waals surface area contributed by atoms with E-state index in [2.05, 4.69) is 24.1 Å². The number of hydrogen-bond acceptors (Lipinski definition) is 7. The zero-order valence-electron chi connectivity index (χ0n) is 24.8. The maximum absolute atomic E-state index is 13.2. The van der Waals surface area contributed by atoms with Crippen LogP contribution >= 0.6 is 11.3 Å². The zero-order chi connectivity index (χ0) is 30.0. The van der Waals surface area contributed by atoms with E-state index in [0.29, 0.717) is 24.3 Å². The largest absolute Gasteiger partial charge is 0.481 e. The monoisotopic (exact) mass is 574 g/mol. The fourth-order valence-corrected chi connectivity index (χ4v) is 5.60. The number of nitrogens with two attached hydrogens (primary N) is 1. The number of carbonyl (C=O) groups is 3. The highest BCUT2D eigenvalue weighted by Gasteiger charge is 2.32. The minimum Gasteiger partial charge on any atom is -0.481 e. The van der Waals surface area contributed by atoms with Crippen LogP contribution in [-0.4, -0.2) is 65.1 Å². The molecule has 222 valence electrons. The average molecular weight is 575 g/mol. The minimum atomic E-state index is -0.903. The van der Waals surface area contributed by atoms with Crippen LogP contribution in [0, 0.1) is 17.8 Å². The van der Waals surface area contributed by atoms with E-state index in [-0.39, 0.29) is 41.4 Å². The molecule has 0 spiro atoms. The Morgan fingerprint density at radius 1 is 1.12 bits per heavy atom. The number of carbonyl (C=O) groups excluding carboxylic acids is 2. The van der Waals surface area contributed by atoms with Crippen molar-refractivity contribution in [2.45, 2.75) is 84.5 Å². The van der Waals surface area contributed by atoms with Crippen LogP contribution in [0.1, 0.15) is 81.0 Å². The number of nitrogens with zero attached hydrogens (tertiary/aromatic N) is 2. The molecular formula is C30H46N4O5S. The van der Waals surface area contributed by atoms with Crippen LogP contribution in [0.3, 0.4) is 0 Å². The molecule has 0 bridgehead atoms. The molecule has 4 N–H and O–H groups in total. The zero-order valence-corrected chi connectivity index (χ0v) is 25.6. The first-order valence-electron chi connectivity index (χ1n) is 14.0. The molecule has 1 aromatic heterocycles. The van der Waals surface area contributed by atoms with Crippen molar-refractivity contribution < 1.29 is 24.2 Å². The Balaban J connectivity index is 2.17. The van der Waals surface area contributed by atoms with Crippen molar-refractivity contribution in [3.05, 3.63) is 52.0 Å². The first kappa shape index (κ1) is 33.4. The Hall–Kier alpha value is -2.82. The topological polar surface area (TPSA) is 135 Å². The van der Waals surface area contributed by atoms with Gasteiger partial charge in [0.25, 0.3) is 5.91 Å². The summed E-state index contributed by atoms with van der Waals surface area (Å²) < 4.78 is 5.79. The first-order chi connectivity index (χ1) is 18.9. The van der Waals surface area contributed by atoms with Crippen molar-refractivity contribution in [1.82, 2.24) is 15.2 Å². The highest BCUT2D eigenvalue weighted by Crippen LogP contribution is 2.30. The van der Waals surface area contributed by atoms with E-state index in [0.717, 1.165) is 12.0 Å². The molecule has 40 heavy (non-hydrogen) atoms. The van der Waals surface area contributed by atoms with Crippen LogP contribution in [0.5, 0.6) is 0 Å². The number of ether oxygens (including phenoxy) is 1. The SMILES string of the molecule is CCC(C)C(N)C(=O)N(C)C(CC(OC)c1nc(C(=O)NC(Cc2ccccc2)CC(C)C(=O)O)cs1)C(C)C. The third-order valence-corrected chi connectivity index (χ3v) is 8.58. The highest BCUT2D eigenvalue weighted by molar-refractivity contribution is 7.09. The Kier molecular flexibility index (Phi) is 13.2. The number of aliphatic carboxylic acids is 1. The summed E-state index contributed by atoms with van der Waals surface area (Å²) >= 11 is 1.33. The molecule has 1 aromatic carbocycles. The van der Waals surface area contributed by atoms with Crippen molar-refractivity contribution in [3.8, 4) is 0 Å². The molecule has 1 heterocycles. The van der Waals surface area contributed by atoms with E-state index in [9.17, 15) is 19.5 Å². The number of thiazole rings is 1. The van der Waals surface area contributed by atoms with Crippen LogP contribution in [0.4, 0.5) is 0 Å². The summed E-state index contributed by atoms with van der Waals surface area (Å²) in [4.78, 5) is 44.1. The number of amides is 2. The van der Waals surface area contributed by atoms with Crippen LogP contribution in [-0.2, 0) is 20.7 Å². The predicted octanol–water partition coefficient (Wildman–Crippen LogP) is 4.53. The number of rotatable bonds is 16. The molecule has 10 heteroatoms. The smallest absolute Gasteiger partial charge is 0.306 e. The summed E-state index contributed by atoms with van der Waals surface area (Å²) in [6, 6.07) is 8.58. The molecule has 2 aromatic rings. The minimum absolute atomic E-state index is 0.0743. The molecule has 0 aliphatic rings. The number of benzene rings is 1. The molecule has 0 saturated heterocycles. The Morgan fingerprint density at radius 2 is 1.77 bits per heavy atom. The fraction of sp³-hybridized carbons (Fsp3) is 0.600. The second-order valence-electron chi connectivity index (χ2n) is 11.0. The molecule has 0 fully saturated rings. The lowest BCUT2D eigenvalue weighted by molar-refractivity contribution is -0.141. The van der Waals surface area contributed by atoms with Gasteiger partial charge in [0.05, 0.1) is 12.0 Å². The number of carboxylic acid groups (broad SMARTS) is 1. The van der Waals surface area contributed by atoms with Crippen molar-refractivity contribution in [2.75, 3.05) is 14.2 Å². The third kappa shape index (κ3) is 9.38. The van der Waals surface area contributed by atoms with E-state index in [1.165, 1.54) is 11.3 Å². The van der Waals surface area contributed by atoms with Crippen molar-refractivity contribution in [3.63, 3.8) is 0 Å². The van der Waals surface area contributed by atoms with Crippen molar-refractivity contribution >= 4 is 29.1 Å². The molecule has 9 nitrogen and oxygen atoms in total. The van der Waals surface area contributed by atoms with E-state index in [1.54, 1.807) is 31.4 Å². The van der Waals surface area contributed by atoms with E-state index in [1.807, 2.05) is 44.2 Å². The molecule has 6 atom stereocenters. The van der Waals surface area contributed by atoms with Gasteiger partial charge in [-0.05, 0) is 30.2 Å². The van der Waals surface area contributed by atoms with Crippen LogP contribution in [0.25, 0.3) is 0 Å². The standard InChI is InChI=1S/C30H46N4O5S/c1-8-19(4)26(31)29(36)34(6)24(18(2)3)16-25(39-7)28-33-23(17-40-28)27(35)32-22(14-20(5)30(37)38)15-21-12-10-9-11-13-21/h9-13,17-20,22,24-26H,8,14-16,31H2,1-7H3,(H,32,35)(H,37,38). The van der Waals surface area contributed by atoms with Crippen LogP contribution in [0.15, 0.2) is 35.7 Å². The number of likely N-dealkylation sites (N-methyl/N-ethyl adjacent to an activating group) is 1. The summed E-state index contributed by atoms with van der Waals surface area (Å²) in [6.45, 7) is 9.75. The maximum atomic E-state index is 13.2. The molecule has 2 rings (SSSR count). The molecule has 6 unspecified atom stereocenters. The van der Waals surface area contributed by atoms with Gasteiger partial charge in [0, 0.05) is 38.0 Å². The quantitative estimate of drug-likeness (QED) is 0.268. The predicted molar refractivity (Wildman–Crippen MR) is 158 cm³/mol. The van der Waals surface area contributed by atoms with E-state index < -0.39 is 24.0 Å². The summed E-state index contributed by atoms with van der Waals surface area (Å²) in [5.41, 5.74) is 7.51. The van der Waals surface area contributed by atoms with Gasteiger partial charge in [-0.2, -0.15) is 0 Å². The van der Waals surface area contributed by atoms with E-state index in [4.69, 9.17) is 10.5 Å². The van der Waals surface area contributed by atoms with Gasteiger partial charge < -0.3 is 25.8 Å². The first-order valence-corrected chi connectivity index (χ1v) is 14.8. The van der Waals surface area contributed by atoms with Gasteiger partial charge in [0.15, 0.2) is 0 Å². The van der Waals surface area contributed by atoms with E-state index >= 15 is 0 Å². The van der Waals surface area contributed by atoms with Gasteiger partial charge in [0.1, 0.15) is 16.8 Å². The number of hydrogen-bond donors (Lipinski definition) is 3. The lowest BCUT2D eigenvalue weighted by atomic mass is 9.93. The highest BCUT2D eigenvalue weighted by atomic mass is 32.1. The number of carboxylic acids is 1. The van der Waals surface area contributed by atoms with Gasteiger partial charge >= 0.3 is 5.97 Å². The molecule has 0 radical (unpaired) electrons. The van der Waals surface area contributed by atoms with Gasteiger partial charge in [0.2, 0.25) is 5.91 Å². The Morgan fingerprint density at radius 3 is 2.33 bits per heavy atom. The van der Waals surface area contributed by atoms with Crippen LogP contribution in [0.2, 0.25) is 0 Å². The number of aromatic nitrogens is 1. The van der Waals surface area contributed by atoms with Gasteiger partial charge in [-0.1, -0.05) is 71.4 Å². The van der Waals surface area contributed by atoms with Gasteiger partial charge in [-0.3, -0.25) is 14.4 Å². The van der Waals surface area contributed by atoms with Crippen molar-refractivity contribution in [1.29, 1.82) is 0 Å². The summed E-state index contributed by atoms with van der Waals surface area (Å²) in [7, 11) is 3.38. The Bertz CT molecular complexity index is 1090. The van der Waals surface area contributed by atoms with Gasteiger partial charge in [-0.15, -0.1) is 11.3 Å². The molecule has 0 saturated carbocycles. The lowest BCUT2D eigenvalue weighted by Crippen LogP contribution is -2.51. The molecule has 0 aliphatic heterocycles. The summed E-state index contributed by atoms with van der Waals surface area (Å²) in [5.74, 6) is -1.75. The average Bonchev–Trinajstić information content (AvgIpc) is 3.42. The number of methoxy groups -OCH3 is 1. The van der Waals surface area contributed by atoms with Gasteiger partial charge in [-0.25, -0.2) is 4.98 Å². The second kappa shape index (κ2) is 15.8. The molecule has 2 amide bonds. The Labute approximate surface area is 242 Å². The lowest BCUT2D eigenvalue weighted by Gasteiger charge is -2.35.